The van der Waals surface area contributed by atoms with Gasteiger partial charge in [0.05, 0.1) is 14.2 Å². The molecule has 4 heteroatoms. The number of ether oxygens (including phenoxy) is 2. The number of carbonyl (C=O) groups excluding carboxylic acids is 1. The van der Waals surface area contributed by atoms with Crippen LogP contribution in [0.4, 0.5) is 0 Å². The van der Waals surface area contributed by atoms with Crippen molar-refractivity contribution in [2.45, 2.75) is 39.3 Å². The van der Waals surface area contributed by atoms with Crippen molar-refractivity contribution in [3.63, 3.8) is 0 Å². The first-order valence-corrected chi connectivity index (χ1v) is 4.95. The van der Waals surface area contributed by atoms with Crippen LogP contribution in [0.25, 0.3) is 0 Å². The maximum absolute atomic E-state index is 11.3. The van der Waals surface area contributed by atoms with Crippen molar-refractivity contribution in [1.82, 2.24) is 5.32 Å². The smallest absolute Gasteiger partial charge is 0.373 e. The summed E-state index contributed by atoms with van der Waals surface area (Å²) >= 11 is 0. The summed E-state index contributed by atoms with van der Waals surface area (Å²) in [6, 6.07) is 0.326. The molecule has 4 nitrogen and oxygen atoms in total. The average molecular weight is 215 g/mol. The molecular formula is C11H21NO3. The fourth-order valence-corrected chi connectivity index (χ4v) is 1.42. The summed E-state index contributed by atoms with van der Waals surface area (Å²) in [7, 11) is 2.78. The molecule has 0 saturated heterocycles. The number of carbonyl (C=O) groups is 1. The average Bonchev–Trinajstić information content (AvgIpc) is 2.11. The summed E-state index contributed by atoms with van der Waals surface area (Å²) in [5.74, 6) is -0.244. The summed E-state index contributed by atoms with van der Waals surface area (Å²) in [5.41, 5.74) is -0.312. The van der Waals surface area contributed by atoms with Crippen LogP contribution >= 0.6 is 0 Å². The molecule has 0 unspecified atom stereocenters. The molecule has 0 aromatic heterocycles. The van der Waals surface area contributed by atoms with Gasteiger partial charge in [-0.1, -0.05) is 13.8 Å². The van der Waals surface area contributed by atoms with Gasteiger partial charge in [-0.3, -0.25) is 0 Å². The van der Waals surface area contributed by atoms with E-state index in [9.17, 15) is 4.79 Å². The lowest BCUT2D eigenvalue weighted by molar-refractivity contribution is -0.139. The van der Waals surface area contributed by atoms with Gasteiger partial charge in [-0.2, -0.15) is 0 Å². The number of hydrogen-bond acceptors (Lipinski definition) is 4. The molecule has 0 radical (unpaired) electrons. The molecular weight excluding hydrogens is 194 g/mol. The van der Waals surface area contributed by atoms with Crippen molar-refractivity contribution in [2.75, 3.05) is 14.2 Å². The molecule has 0 atom stereocenters. The Kier molecular flexibility index (Phi) is 5.36. The fraction of sp³-hybridized carbons (Fsp3) is 0.727. The van der Waals surface area contributed by atoms with Gasteiger partial charge >= 0.3 is 5.97 Å². The number of esters is 1. The Hall–Kier alpha value is -1.03. The zero-order chi connectivity index (χ0) is 12.1. The second-order valence-electron chi connectivity index (χ2n) is 4.23. The zero-order valence-electron chi connectivity index (χ0n) is 10.4. The van der Waals surface area contributed by atoms with Crippen LogP contribution < -0.4 is 5.32 Å². The molecule has 15 heavy (non-hydrogen) atoms. The number of rotatable bonds is 5. The predicted octanol–water partition coefficient (Wildman–Crippen LogP) is 1.47. The molecule has 0 bridgehead atoms. The summed E-state index contributed by atoms with van der Waals surface area (Å²) in [4.78, 5) is 11.3. The number of nitrogens with one attached hydrogen (secondary N) is 1. The summed E-state index contributed by atoms with van der Waals surface area (Å²) in [6.45, 7) is 8.02. The number of hydrogen-bond donors (Lipinski definition) is 1. The standard InChI is InChI=1S/C11H21NO3/c1-8(2)12-11(3,4)7-9(14-5)10(13)15-6/h7-8,12H,1-6H3/b9-7-. The van der Waals surface area contributed by atoms with E-state index in [1.807, 2.05) is 27.7 Å². The highest BCUT2D eigenvalue weighted by Crippen LogP contribution is 2.11. The maximum atomic E-state index is 11.3. The Morgan fingerprint density at radius 3 is 2.13 bits per heavy atom. The molecule has 0 aromatic rings. The highest BCUT2D eigenvalue weighted by Gasteiger charge is 2.20. The van der Waals surface area contributed by atoms with E-state index in [0.717, 1.165) is 0 Å². The fourth-order valence-electron chi connectivity index (χ4n) is 1.42. The molecule has 0 fully saturated rings. The second kappa shape index (κ2) is 5.75. The van der Waals surface area contributed by atoms with E-state index in [0.29, 0.717) is 6.04 Å². The molecule has 0 amide bonds. The number of methoxy groups -OCH3 is 2. The van der Waals surface area contributed by atoms with Crippen LogP contribution in [0.15, 0.2) is 11.8 Å². The SMILES string of the molecule is COC(=O)/C(=C/C(C)(C)NC(C)C)OC. The first-order chi connectivity index (χ1) is 6.82. The van der Waals surface area contributed by atoms with E-state index in [1.54, 1.807) is 6.08 Å². The third-order valence-electron chi connectivity index (χ3n) is 1.76. The molecule has 0 rings (SSSR count). The molecule has 0 aliphatic carbocycles. The van der Waals surface area contributed by atoms with E-state index in [-0.39, 0.29) is 11.3 Å². The topological polar surface area (TPSA) is 47.6 Å². The van der Waals surface area contributed by atoms with Crippen LogP contribution in [0.3, 0.4) is 0 Å². The van der Waals surface area contributed by atoms with Crippen LogP contribution in [0.5, 0.6) is 0 Å². The van der Waals surface area contributed by atoms with Gasteiger partial charge in [0.25, 0.3) is 0 Å². The maximum Gasteiger partial charge on any atom is 0.373 e. The van der Waals surface area contributed by atoms with Gasteiger partial charge in [-0.15, -0.1) is 0 Å². The van der Waals surface area contributed by atoms with Crippen molar-refractivity contribution in [1.29, 1.82) is 0 Å². The van der Waals surface area contributed by atoms with Crippen molar-refractivity contribution in [2.24, 2.45) is 0 Å². The molecule has 0 aliphatic rings. The lowest BCUT2D eigenvalue weighted by atomic mass is 10.0. The van der Waals surface area contributed by atoms with Crippen molar-refractivity contribution in [3.05, 3.63) is 11.8 Å². The van der Waals surface area contributed by atoms with Gasteiger partial charge in [-0.25, -0.2) is 4.79 Å². The Morgan fingerprint density at radius 2 is 1.80 bits per heavy atom. The van der Waals surface area contributed by atoms with Crippen LogP contribution in [0.2, 0.25) is 0 Å². The minimum Gasteiger partial charge on any atom is -0.490 e. The van der Waals surface area contributed by atoms with Gasteiger partial charge in [0.2, 0.25) is 5.76 Å². The summed E-state index contributed by atoms with van der Waals surface area (Å²) in [6.07, 6.45) is 1.72. The monoisotopic (exact) mass is 215 g/mol. The van der Waals surface area contributed by atoms with Crippen molar-refractivity contribution in [3.8, 4) is 0 Å². The van der Waals surface area contributed by atoms with E-state index in [4.69, 9.17) is 4.74 Å². The Morgan fingerprint density at radius 1 is 1.27 bits per heavy atom. The van der Waals surface area contributed by atoms with Crippen molar-refractivity contribution < 1.29 is 14.3 Å². The van der Waals surface area contributed by atoms with Crippen LogP contribution in [0.1, 0.15) is 27.7 Å². The van der Waals surface area contributed by atoms with Gasteiger partial charge in [0.1, 0.15) is 0 Å². The van der Waals surface area contributed by atoms with E-state index < -0.39 is 5.97 Å². The minimum absolute atomic E-state index is 0.218. The third kappa shape index (κ3) is 5.42. The second-order valence-corrected chi connectivity index (χ2v) is 4.23. The molecule has 0 aliphatic heterocycles. The normalized spacial score (nSPS) is 12.9. The molecule has 0 aromatic carbocycles. The van der Waals surface area contributed by atoms with Crippen LogP contribution in [-0.4, -0.2) is 31.8 Å². The van der Waals surface area contributed by atoms with E-state index >= 15 is 0 Å². The molecule has 0 saturated carbocycles. The Balaban J connectivity index is 4.73. The lowest BCUT2D eigenvalue weighted by Gasteiger charge is -2.25. The van der Waals surface area contributed by atoms with Crippen molar-refractivity contribution >= 4 is 5.97 Å². The zero-order valence-corrected chi connectivity index (χ0v) is 10.4. The molecule has 0 spiro atoms. The highest BCUT2D eigenvalue weighted by atomic mass is 16.6. The van der Waals surface area contributed by atoms with Gasteiger partial charge in [0.15, 0.2) is 0 Å². The van der Waals surface area contributed by atoms with E-state index in [2.05, 4.69) is 10.1 Å². The van der Waals surface area contributed by atoms with Crippen LogP contribution in [0, 0.1) is 0 Å². The quantitative estimate of drug-likeness (QED) is 0.428. The lowest BCUT2D eigenvalue weighted by Crippen LogP contribution is -2.42. The van der Waals surface area contributed by atoms with E-state index in [1.165, 1.54) is 14.2 Å². The summed E-state index contributed by atoms with van der Waals surface area (Å²) in [5, 5.41) is 3.30. The largest absolute Gasteiger partial charge is 0.490 e. The Bertz CT molecular complexity index is 244. The molecule has 0 heterocycles. The third-order valence-corrected chi connectivity index (χ3v) is 1.76. The van der Waals surface area contributed by atoms with Gasteiger partial charge in [-0.05, 0) is 19.9 Å². The molecule has 88 valence electrons. The first kappa shape index (κ1) is 14.0. The van der Waals surface area contributed by atoms with Gasteiger partial charge < -0.3 is 14.8 Å². The highest BCUT2D eigenvalue weighted by molar-refractivity contribution is 5.86. The molecule has 1 N–H and O–H groups in total. The van der Waals surface area contributed by atoms with Crippen LogP contribution in [-0.2, 0) is 14.3 Å². The first-order valence-electron chi connectivity index (χ1n) is 4.95. The minimum atomic E-state index is -0.462. The predicted molar refractivity (Wildman–Crippen MR) is 59.5 cm³/mol. The summed E-state index contributed by atoms with van der Waals surface area (Å²) < 4.78 is 9.56. The van der Waals surface area contributed by atoms with Gasteiger partial charge in [0, 0.05) is 11.6 Å². The Labute approximate surface area is 91.6 Å².